The SMILES string of the molecule is CCc1cccc(OCc2cc(NN)ccn2)c1. The number of hydrazine groups is 1. The molecule has 1 aromatic carbocycles. The maximum atomic E-state index is 5.70. The van der Waals surface area contributed by atoms with E-state index >= 15 is 0 Å². The third-order valence-corrected chi connectivity index (χ3v) is 2.68. The van der Waals surface area contributed by atoms with Gasteiger partial charge in [0.25, 0.3) is 0 Å². The number of hydrogen-bond donors (Lipinski definition) is 2. The fourth-order valence-electron chi connectivity index (χ4n) is 1.66. The van der Waals surface area contributed by atoms with Gasteiger partial charge in [0.15, 0.2) is 0 Å². The summed E-state index contributed by atoms with van der Waals surface area (Å²) in [7, 11) is 0. The Bertz CT molecular complexity index is 466. The van der Waals surface area contributed by atoms with E-state index in [2.05, 4.69) is 23.4 Å². The van der Waals surface area contributed by atoms with Crippen LogP contribution in [0.25, 0.3) is 0 Å². The molecule has 0 atom stereocenters. The predicted octanol–water partition coefficient (Wildman–Crippen LogP) is 2.51. The van der Waals surface area contributed by atoms with Crippen LogP contribution in [0.2, 0.25) is 0 Å². The molecule has 94 valence electrons. The largest absolute Gasteiger partial charge is 0.487 e. The van der Waals surface area contributed by atoms with Gasteiger partial charge in [-0.15, -0.1) is 0 Å². The lowest BCUT2D eigenvalue weighted by Gasteiger charge is -2.08. The van der Waals surface area contributed by atoms with E-state index in [9.17, 15) is 0 Å². The number of hydrogen-bond acceptors (Lipinski definition) is 4. The van der Waals surface area contributed by atoms with Gasteiger partial charge < -0.3 is 10.2 Å². The van der Waals surface area contributed by atoms with Gasteiger partial charge in [-0.2, -0.15) is 0 Å². The molecule has 18 heavy (non-hydrogen) atoms. The molecule has 2 rings (SSSR count). The summed E-state index contributed by atoms with van der Waals surface area (Å²) in [5, 5.41) is 0. The molecular weight excluding hydrogens is 226 g/mol. The number of benzene rings is 1. The zero-order chi connectivity index (χ0) is 12.8. The number of nitrogens with one attached hydrogen (secondary N) is 1. The van der Waals surface area contributed by atoms with Crippen molar-refractivity contribution < 1.29 is 4.74 Å². The lowest BCUT2D eigenvalue weighted by molar-refractivity contribution is 0.301. The van der Waals surface area contributed by atoms with Crippen LogP contribution in [0.4, 0.5) is 5.69 Å². The Labute approximate surface area is 107 Å². The lowest BCUT2D eigenvalue weighted by atomic mass is 10.2. The smallest absolute Gasteiger partial charge is 0.130 e. The van der Waals surface area contributed by atoms with Crippen LogP contribution in [-0.2, 0) is 13.0 Å². The highest BCUT2D eigenvalue weighted by Gasteiger charge is 1.99. The van der Waals surface area contributed by atoms with Crippen LogP contribution in [0.3, 0.4) is 0 Å². The first-order valence-electron chi connectivity index (χ1n) is 5.95. The number of rotatable bonds is 5. The standard InChI is InChI=1S/C14H17N3O/c1-2-11-4-3-5-14(8-11)18-10-13-9-12(17-15)6-7-16-13/h3-9H,2,10,15H2,1H3,(H,16,17). The van der Waals surface area contributed by atoms with Gasteiger partial charge in [0.1, 0.15) is 12.4 Å². The van der Waals surface area contributed by atoms with Gasteiger partial charge in [0.2, 0.25) is 0 Å². The van der Waals surface area contributed by atoms with Gasteiger partial charge in [-0.1, -0.05) is 19.1 Å². The molecule has 1 aromatic heterocycles. The van der Waals surface area contributed by atoms with Crippen molar-refractivity contribution in [2.45, 2.75) is 20.0 Å². The van der Waals surface area contributed by atoms with Gasteiger partial charge in [-0.05, 0) is 36.2 Å². The molecular formula is C14H17N3O. The van der Waals surface area contributed by atoms with Crippen LogP contribution in [0.1, 0.15) is 18.2 Å². The zero-order valence-electron chi connectivity index (χ0n) is 10.4. The molecule has 0 unspecified atom stereocenters. The molecule has 0 radical (unpaired) electrons. The van der Waals surface area contributed by atoms with E-state index in [4.69, 9.17) is 10.6 Å². The topological polar surface area (TPSA) is 60.2 Å². The minimum absolute atomic E-state index is 0.433. The van der Waals surface area contributed by atoms with Gasteiger partial charge in [-0.3, -0.25) is 10.8 Å². The summed E-state index contributed by atoms with van der Waals surface area (Å²) in [6, 6.07) is 11.8. The first kappa shape index (κ1) is 12.4. The highest BCUT2D eigenvalue weighted by molar-refractivity contribution is 5.41. The predicted molar refractivity (Wildman–Crippen MR) is 72.2 cm³/mol. The highest BCUT2D eigenvalue weighted by Crippen LogP contribution is 2.15. The van der Waals surface area contributed by atoms with Crippen LogP contribution in [-0.4, -0.2) is 4.98 Å². The van der Waals surface area contributed by atoms with E-state index in [0.29, 0.717) is 6.61 Å². The number of pyridine rings is 1. The fraction of sp³-hybridized carbons (Fsp3) is 0.214. The molecule has 0 aliphatic heterocycles. The number of nitrogens with two attached hydrogens (primary N) is 1. The molecule has 3 N–H and O–H groups in total. The van der Waals surface area contributed by atoms with Crippen molar-refractivity contribution in [1.29, 1.82) is 0 Å². The van der Waals surface area contributed by atoms with Crippen LogP contribution < -0.4 is 16.0 Å². The second kappa shape index (κ2) is 6.02. The Kier molecular flexibility index (Phi) is 4.15. The van der Waals surface area contributed by atoms with Crippen LogP contribution in [0, 0.1) is 0 Å². The average Bonchev–Trinajstić information content (AvgIpc) is 2.45. The summed E-state index contributed by atoms with van der Waals surface area (Å²) in [5.74, 6) is 6.21. The van der Waals surface area contributed by atoms with Crippen molar-refractivity contribution in [3.8, 4) is 5.75 Å². The van der Waals surface area contributed by atoms with Gasteiger partial charge in [-0.25, -0.2) is 0 Å². The molecule has 0 saturated carbocycles. The van der Waals surface area contributed by atoms with Crippen molar-refractivity contribution in [2.75, 3.05) is 5.43 Å². The van der Waals surface area contributed by atoms with Crippen LogP contribution >= 0.6 is 0 Å². The number of nitrogens with zero attached hydrogens (tertiary/aromatic N) is 1. The van der Waals surface area contributed by atoms with E-state index in [1.54, 1.807) is 12.3 Å². The summed E-state index contributed by atoms with van der Waals surface area (Å²) in [6.07, 6.45) is 2.71. The zero-order valence-corrected chi connectivity index (χ0v) is 10.4. The molecule has 1 heterocycles. The minimum Gasteiger partial charge on any atom is -0.487 e. The number of aryl methyl sites for hydroxylation is 1. The van der Waals surface area contributed by atoms with Crippen LogP contribution in [0.15, 0.2) is 42.6 Å². The van der Waals surface area contributed by atoms with Gasteiger partial charge >= 0.3 is 0 Å². The van der Waals surface area contributed by atoms with Crippen molar-refractivity contribution in [1.82, 2.24) is 4.98 Å². The molecule has 0 bridgehead atoms. The maximum Gasteiger partial charge on any atom is 0.130 e. The number of anilines is 1. The molecule has 0 aliphatic rings. The second-order valence-electron chi connectivity index (χ2n) is 3.97. The van der Waals surface area contributed by atoms with Gasteiger partial charge in [0.05, 0.1) is 11.4 Å². The van der Waals surface area contributed by atoms with E-state index in [-0.39, 0.29) is 0 Å². The molecule has 2 aromatic rings. The Balaban J connectivity index is 2.01. The summed E-state index contributed by atoms with van der Waals surface area (Å²) < 4.78 is 5.70. The first-order valence-corrected chi connectivity index (χ1v) is 5.95. The quantitative estimate of drug-likeness (QED) is 0.625. The van der Waals surface area contributed by atoms with E-state index in [1.807, 2.05) is 24.3 Å². The van der Waals surface area contributed by atoms with Crippen molar-refractivity contribution >= 4 is 5.69 Å². The second-order valence-corrected chi connectivity index (χ2v) is 3.97. The van der Waals surface area contributed by atoms with E-state index < -0.39 is 0 Å². The van der Waals surface area contributed by atoms with Gasteiger partial charge in [0, 0.05) is 6.20 Å². The minimum atomic E-state index is 0.433. The molecule has 0 fully saturated rings. The molecule has 0 spiro atoms. The van der Waals surface area contributed by atoms with Crippen molar-refractivity contribution in [3.63, 3.8) is 0 Å². The van der Waals surface area contributed by atoms with Crippen molar-refractivity contribution in [3.05, 3.63) is 53.9 Å². The van der Waals surface area contributed by atoms with Crippen molar-refractivity contribution in [2.24, 2.45) is 5.84 Å². The monoisotopic (exact) mass is 243 g/mol. The summed E-state index contributed by atoms with van der Waals surface area (Å²) in [6.45, 7) is 2.56. The fourth-order valence-corrected chi connectivity index (χ4v) is 1.66. The third kappa shape index (κ3) is 3.21. The molecule has 4 heteroatoms. The Morgan fingerprint density at radius 3 is 2.94 bits per heavy atom. The molecule has 0 saturated heterocycles. The Morgan fingerprint density at radius 2 is 2.17 bits per heavy atom. The molecule has 0 aliphatic carbocycles. The first-order chi connectivity index (χ1) is 8.81. The molecule has 4 nitrogen and oxygen atoms in total. The number of nitrogen functional groups attached to an aromatic ring is 1. The highest BCUT2D eigenvalue weighted by atomic mass is 16.5. The third-order valence-electron chi connectivity index (χ3n) is 2.68. The molecule has 0 amide bonds. The Morgan fingerprint density at radius 1 is 1.28 bits per heavy atom. The summed E-state index contributed by atoms with van der Waals surface area (Å²) >= 11 is 0. The average molecular weight is 243 g/mol. The summed E-state index contributed by atoms with van der Waals surface area (Å²) in [4.78, 5) is 4.22. The van der Waals surface area contributed by atoms with E-state index in [1.165, 1.54) is 5.56 Å². The van der Waals surface area contributed by atoms with E-state index in [0.717, 1.165) is 23.6 Å². The Hall–Kier alpha value is -2.07. The normalized spacial score (nSPS) is 10.1. The van der Waals surface area contributed by atoms with Crippen LogP contribution in [0.5, 0.6) is 5.75 Å². The summed E-state index contributed by atoms with van der Waals surface area (Å²) in [5.41, 5.74) is 5.52. The number of ether oxygens (including phenoxy) is 1. The maximum absolute atomic E-state index is 5.70. The number of aromatic nitrogens is 1. The lowest BCUT2D eigenvalue weighted by Crippen LogP contribution is -2.08.